The summed E-state index contributed by atoms with van der Waals surface area (Å²) in [5.74, 6) is 2.28. The van der Waals surface area contributed by atoms with E-state index in [9.17, 15) is 4.79 Å². The molecular weight excluding hydrogens is 352 g/mol. The fourth-order valence-electron chi connectivity index (χ4n) is 2.59. The van der Waals surface area contributed by atoms with Crippen LogP contribution in [0.5, 0.6) is 28.7 Å². The number of hydrogen-bond donors (Lipinski definition) is 1. The largest absolute Gasteiger partial charge is 0.493 e. The predicted octanol–water partition coefficient (Wildman–Crippen LogP) is 2.25. The molecule has 0 saturated carbocycles. The predicted molar refractivity (Wildman–Crippen MR) is 98.6 cm³/mol. The molecule has 8 heteroatoms. The number of hydrogen-bond acceptors (Lipinski definition) is 7. The number of rotatable bonds is 6. The molecule has 0 fully saturated rings. The lowest BCUT2D eigenvalue weighted by Gasteiger charge is -2.18. The van der Waals surface area contributed by atoms with Crippen molar-refractivity contribution < 1.29 is 28.5 Å². The third-order valence-electron chi connectivity index (χ3n) is 3.87. The van der Waals surface area contributed by atoms with Crippen molar-refractivity contribution >= 4 is 12.1 Å². The molecule has 0 aliphatic carbocycles. The summed E-state index contributed by atoms with van der Waals surface area (Å²) >= 11 is 0. The summed E-state index contributed by atoms with van der Waals surface area (Å²) in [6, 6.07) is 8.42. The summed E-state index contributed by atoms with van der Waals surface area (Å²) in [4.78, 5) is 12.3. The highest BCUT2D eigenvalue weighted by atomic mass is 16.6. The van der Waals surface area contributed by atoms with E-state index >= 15 is 0 Å². The Kier molecular flexibility index (Phi) is 5.65. The third-order valence-corrected chi connectivity index (χ3v) is 3.87. The van der Waals surface area contributed by atoms with E-state index in [-0.39, 0.29) is 5.91 Å². The first-order valence-electron chi connectivity index (χ1n) is 8.19. The second-order valence-electron chi connectivity index (χ2n) is 5.52. The van der Waals surface area contributed by atoms with E-state index in [1.807, 2.05) is 0 Å². The number of methoxy groups -OCH3 is 3. The molecule has 0 unspecified atom stereocenters. The Labute approximate surface area is 156 Å². The monoisotopic (exact) mass is 372 g/mol. The van der Waals surface area contributed by atoms with Gasteiger partial charge in [0.2, 0.25) is 5.75 Å². The Balaban J connectivity index is 1.72. The molecule has 27 heavy (non-hydrogen) atoms. The van der Waals surface area contributed by atoms with Crippen LogP contribution in [-0.4, -0.2) is 46.7 Å². The van der Waals surface area contributed by atoms with Crippen molar-refractivity contribution in [3.8, 4) is 28.7 Å². The van der Waals surface area contributed by atoms with Gasteiger partial charge in [-0.15, -0.1) is 0 Å². The topological polar surface area (TPSA) is 87.6 Å². The van der Waals surface area contributed by atoms with Crippen LogP contribution in [0.4, 0.5) is 0 Å². The minimum Gasteiger partial charge on any atom is -0.493 e. The first kappa shape index (κ1) is 18.4. The molecule has 1 heterocycles. The maximum atomic E-state index is 12.3. The van der Waals surface area contributed by atoms with E-state index in [1.165, 1.54) is 27.5 Å². The quantitative estimate of drug-likeness (QED) is 0.618. The normalized spacial score (nSPS) is 12.6. The number of carbonyl (C=O) groups is 1. The fraction of sp³-hybridized carbons (Fsp3) is 0.263. The van der Waals surface area contributed by atoms with Crippen molar-refractivity contribution in [3.63, 3.8) is 0 Å². The fourth-order valence-corrected chi connectivity index (χ4v) is 2.59. The van der Waals surface area contributed by atoms with Gasteiger partial charge in [-0.25, -0.2) is 5.43 Å². The Morgan fingerprint density at radius 3 is 2.30 bits per heavy atom. The molecule has 0 atom stereocenters. The zero-order valence-corrected chi connectivity index (χ0v) is 15.3. The van der Waals surface area contributed by atoms with Gasteiger partial charge in [0.05, 0.1) is 27.5 Å². The van der Waals surface area contributed by atoms with Crippen molar-refractivity contribution in [2.75, 3.05) is 34.5 Å². The molecule has 0 aromatic heterocycles. The first-order chi connectivity index (χ1) is 13.2. The van der Waals surface area contributed by atoms with Crippen LogP contribution in [0.15, 0.2) is 35.4 Å². The second-order valence-corrected chi connectivity index (χ2v) is 5.52. The van der Waals surface area contributed by atoms with Crippen LogP contribution in [-0.2, 0) is 0 Å². The Hall–Kier alpha value is -3.42. The first-order valence-corrected chi connectivity index (χ1v) is 8.19. The number of fused-ring (bicyclic) bond motifs is 1. The van der Waals surface area contributed by atoms with Crippen LogP contribution >= 0.6 is 0 Å². The third kappa shape index (κ3) is 4.05. The van der Waals surface area contributed by atoms with Gasteiger partial charge in [-0.2, -0.15) is 5.10 Å². The second kappa shape index (κ2) is 8.31. The van der Waals surface area contributed by atoms with Gasteiger partial charge in [-0.05, 0) is 30.3 Å². The molecule has 8 nitrogen and oxygen atoms in total. The van der Waals surface area contributed by atoms with E-state index in [0.717, 1.165) is 0 Å². The van der Waals surface area contributed by atoms with Crippen molar-refractivity contribution in [2.45, 2.75) is 0 Å². The van der Waals surface area contributed by atoms with Gasteiger partial charge in [0, 0.05) is 11.1 Å². The molecule has 0 radical (unpaired) electrons. The van der Waals surface area contributed by atoms with Gasteiger partial charge in [-0.1, -0.05) is 0 Å². The zero-order valence-electron chi connectivity index (χ0n) is 15.3. The minimum atomic E-state index is -0.365. The van der Waals surface area contributed by atoms with Crippen molar-refractivity contribution in [1.82, 2.24) is 5.43 Å². The molecular formula is C19H20N2O6. The highest BCUT2D eigenvalue weighted by molar-refractivity contribution is 5.95. The molecule has 3 rings (SSSR count). The smallest absolute Gasteiger partial charge is 0.271 e. The highest BCUT2D eigenvalue weighted by Crippen LogP contribution is 2.37. The number of nitrogens with zero attached hydrogens (tertiary/aromatic N) is 1. The van der Waals surface area contributed by atoms with Gasteiger partial charge in [0.1, 0.15) is 13.2 Å². The van der Waals surface area contributed by atoms with Gasteiger partial charge in [-0.3, -0.25) is 4.79 Å². The molecule has 142 valence electrons. The number of carbonyl (C=O) groups excluding carboxylic acids is 1. The standard InChI is InChI=1S/C19H20N2O6/c1-23-16-8-12(9-17(24-2)18(16)25-3)11-20-21-19(22)13-4-5-14-15(10-13)27-7-6-26-14/h4-5,8-11H,6-7H2,1-3H3,(H,21,22)/b20-11-. The van der Waals surface area contributed by atoms with Gasteiger partial charge in [0.25, 0.3) is 5.91 Å². The summed E-state index contributed by atoms with van der Waals surface area (Å²) in [5, 5.41) is 3.99. The summed E-state index contributed by atoms with van der Waals surface area (Å²) in [6.07, 6.45) is 1.49. The molecule has 2 aromatic carbocycles. The van der Waals surface area contributed by atoms with E-state index in [0.29, 0.717) is 53.1 Å². The van der Waals surface area contributed by atoms with Crippen LogP contribution in [0, 0.1) is 0 Å². The molecule has 0 spiro atoms. The summed E-state index contributed by atoms with van der Waals surface area (Å²) in [5.41, 5.74) is 3.57. The van der Waals surface area contributed by atoms with E-state index < -0.39 is 0 Å². The lowest BCUT2D eigenvalue weighted by atomic mass is 10.2. The SMILES string of the molecule is COc1cc(/C=N\NC(=O)c2ccc3c(c2)OCCO3)cc(OC)c1OC. The van der Waals surface area contributed by atoms with E-state index in [4.69, 9.17) is 23.7 Å². The van der Waals surface area contributed by atoms with Crippen LogP contribution in [0.25, 0.3) is 0 Å². The van der Waals surface area contributed by atoms with Crippen LogP contribution in [0.2, 0.25) is 0 Å². The van der Waals surface area contributed by atoms with Crippen LogP contribution in [0.3, 0.4) is 0 Å². The Bertz CT molecular complexity index is 840. The Morgan fingerprint density at radius 2 is 1.67 bits per heavy atom. The van der Waals surface area contributed by atoms with Crippen molar-refractivity contribution in [3.05, 3.63) is 41.5 Å². The molecule has 0 bridgehead atoms. The molecule has 0 saturated heterocycles. The maximum absolute atomic E-state index is 12.3. The molecule has 1 aliphatic heterocycles. The number of amides is 1. The maximum Gasteiger partial charge on any atom is 0.271 e. The summed E-state index contributed by atoms with van der Waals surface area (Å²) in [7, 11) is 4.59. The van der Waals surface area contributed by atoms with Gasteiger partial charge >= 0.3 is 0 Å². The average molecular weight is 372 g/mol. The Morgan fingerprint density at radius 1 is 1.00 bits per heavy atom. The average Bonchev–Trinajstić information content (AvgIpc) is 2.72. The van der Waals surface area contributed by atoms with Crippen molar-refractivity contribution in [1.29, 1.82) is 0 Å². The number of ether oxygens (including phenoxy) is 5. The number of hydrazone groups is 1. The lowest BCUT2D eigenvalue weighted by Crippen LogP contribution is -2.19. The van der Waals surface area contributed by atoms with E-state index in [2.05, 4.69) is 10.5 Å². The molecule has 1 aliphatic rings. The zero-order chi connectivity index (χ0) is 19.2. The molecule has 2 aromatic rings. The van der Waals surface area contributed by atoms with Crippen LogP contribution < -0.4 is 29.1 Å². The van der Waals surface area contributed by atoms with Gasteiger partial charge in [0.15, 0.2) is 23.0 Å². The number of benzene rings is 2. The van der Waals surface area contributed by atoms with Crippen LogP contribution in [0.1, 0.15) is 15.9 Å². The molecule has 1 N–H and O–H groups in total. The lowest BCUT2D eigenvalue weighted by molar-refractivity contribution is 0.0954. The molecule has 1 amide bonds. The summed E-state index contributed by atoms with van der Waals surface area (Å²) in [6.45, 7) is 0.953. The number of nitrogens with one attached hydrogen (secondary N) is 1. The minimum absolute atomic E-state index is 0.365. The summed E-state index contributed by atoms with van der Waals surface area (Å²) < 4.78 is 26.8. The van der Waals surface area contributed by atoms with E-state index in [1.54, 1.807) is 30.3 Å². The van der Waals surface area contributed by atoms with Gasteiger partial charge < -0.3 is 23.7 Å². The highest BCUT2D eigenvalue weighted by Gasteiger charge is 2.15. The van der Waals surface area contributed by atoms with Crippen molar-refractivity contribution in [2.24, 2.45) is 5.10 Å².